The van der Waals surface area contributed by atoms with E-state index >= 15 is 0 Å². The maximum atomic E-state index is 14.0. The van der Waals surface area contributed by atoms with Crippen molar-refractivity contribution in [2.45, 2.75) is 36.8 Å². The van der Waals surface area contributed by atoms with Crippen LogP contribution in [-0.4, -0.2) is 36.0 Å². The predicted molar refractivity (Wildman–Crippen MR) is 114 cm³/mol. The summed E-state index contributed by atoms with van der Waals surface area (Å²) in [5, 5.41) is 9.87. The summed E-state index contributed by atoms with van der Waals surface area (Å²) in [6, 6.07) is 15.6. The summed E-state index contributed by atoms with van der Waals surface area (Å²) in [5.41, 5.74) is 2.09. The zero-order valence-electron chi connectivity index (χ0n) is 17.4. The second-order valence-corrected chi connectivity index (χ2v) is 8.15. The number of ether oxygens (including phenoxy) is 1. The molecule has 0 bridgehead atoms. The van der Waals surface area contributed by atoms with Crippen LogP contribution < -0.4 is 9.64 Å². The number of quaternary nitrogens is 1. The summed E-state index contributed by atoms with van der Waals surface area (Å²) < 4.78 is 21.2. The average molecular weight is 416 g/mol. The minimum atomic E-state index is -0.348. The first-order chi connectivity index (χ1) is 14.0. The van der Waals surface area contributed by atoms with Crippen molar-refractivity contribution in [3.05, 3.63) is 71.3 Å². The average Bonchev–Trinajstić information content (AvgIpc) is 3.10. The van der Waals surface area contributed by atoms with E-state index < -0.39 is 0 Å². The van der Waals surface area contributed by atoms with Gasteiger partial charge in [0.25, 0.3) is 0 Å². The lowest BCUT2D eigenvalue weighted by molar-refractivity contribution is -0.893. The molecule has 7 heteroatoms. The molecule has 2 aromatic carbocycles. The van der Waals surface area contributed by atoms with Gasteiger partial charge in [0, 0.05) is 12.2 Å². The second kappa shape index (κ2) is 9.89. The van der Waals surface area contributed by atoms with Crippen molar-refractivity contribution in [2.24, 2.45) is 0 Å². The van der Waals surface area contributed by atoms with Gasteiger partial charge in [-0.25, -0.2) is 4.39 Å². The third-order valence-corrected chi connectivity index (χ3v) is 5.97. The summed E-state index contributed by atoms with van der Waals surface area (Å²) in [6.07, 6.45) is 0.976. The summed E-state index contributed by atoms with van der Waals surface area (Å²) in [7, 11) is 5.75. The molecule has 0 radical (unpaired) electrons. The molecular weight excluding hydrogens is 387 g/mol. The number of benzene rings is 2. The van der Waals surface area contributed by atoms with Crippen molar-refractivity contribution < 1.29 is 14.0 Å². The minimum absolute atomic E-state index is 0.257. The lowest BCUT2D eigenvalue weighted by Crippen LogP contribution is -3.06. The standard InChI is InChI=1S/C22H27FN4OS/c1-5-19(26(2)3)21-24-25-22(27(21)14-16-9-7-6-8-10-16)29-15-17-11-12-20(28-4)18(23)13-17/h6-13,19H,5,14-15H2,1-4H3/p+1/t19-/m1/s1. The fourth-order valence-corrected chi connectivity index (χ4v) is 4.26. The second-order valence-electron chi connectivity index (χ2n) is 7.21. The van der Waals surface area contributed by atoms with Gasteiger partial charge in [-0.15, -0.1) is 10.2 Å². The van der Waals surface area contributed by atoms with Gasteiger partial charge in [0.1, 0.15) is 6.04 Å². The highest BCUT2D eigenvalue weighted by Gasteiger charge is 2.25. The van der Waals surface area contributed by atoms with Crippen LogP contribution in [0.15, 0.2) is 53.7 Å². The molecule has 0 aliphatic carbocycles. The van der Waals surface area contributed by atoms with Crippen LogP contribution in [-0.2, 0) is 12.3 Å². The van der Waals surface area contributed by atoms with Crippen LogP contribution >= 0.6 is 11.8 Å². The number of aromatic nitrogens is 3. The Labute approximate surface area is 175 Å². The highest BCUT2D eigenvalue weighted by Crippen LogP contribution is 2.27. The molecule has 1 heterocycles. The zero-order valence-corrected chi connectivity index (χ0v) is 18.2. The van der Waals surface area contributed by atoms with Gasteiger partial charge in [0.15, 0.2) is 22.5 Å². The first kappa shape index (κ1) is 21.3. The molecule has 5 nitrogen and oxygen atoms in total. The van der Waals surface area contributed by atoms with Gasteiger partial charge in [-0.1, -0.05) is 55.1 Å². The topological polar surface area (TPSA) is 44.4 Å². The highest BCUT2D eigenvalue weighted by atomic mass is 32.2. The molecule has 0 aliphatic rings. The first-order valence-electron chi connectivity index (χ1n) is 9.75. The summed E-state index contributed by atoms with van der Waals surface area (Å²) in [5.74, 6) is 1.51. The van der Waals surface area contributed by atoms with Crippen LogP contribution in [0, 0.1) is 5.82 Å². The number of methoxy groups -OCH3 is 1. The monoisotopic (exact) mass is 415 g/mol. The number of nitrogens with zero attached hydrogens (tertiary/aromatic N) is 3. The van der Waals surface area contributed by atoms with E-state index in [2.05, 4.69) is 47.9 Å². The van der Waals surface area contributed by atoms with E-state index in [9.17, 15) is 4.39 Å². The number of nitrogens with one attached hydrogen (secondary N) is 1. The number of hydrogen-bond acceptors (Lipinski definition) is 4. The number of rotatable bonds is 9. The summed E-state index contributed by atoms with van der Waals surface area (Å²) in [6.45, 7) is 2.89. The van der Waals surface area contributed by atoms with E-state index in [1.165, 1.54) is 23.6 Å². The van der Waals surface area contributed by atoms with E-state index in [-0.39, 0.29) is 17.6 Å². The largest absolute Gasteiger partial charge is 0.494 e. The third kappa shape index (κ3) is 5.16. The molecule has 1 aromatic heterocycles. The molecule has 0 saturated carbocycles. The van der Waals surface area contributed by atoms with E-state index in [0.29, 0.717) is 12.3 Å². The van der Waals surface area contributed by atoms with Gasteiger partial charge in [0.2, 0.25) is 0 Å². The normalized spacial score (nSPS) is 12.3. The highest BCUT2D eigenvalue weighted by molar-refractivity contribution is 7.98. The van der Waals surface area contributed by atoms with Crippen molar-refractivity contribution in [1.82, 2.24) is 14.8 Å². The molecule has 29 heavy (non-hydrogen) atoms. The molecule has 3 aromatic rings. The van der Waals surface area contributed by atoms with E-state index in [0.717, 1.165) is 23.0 Å². The molecular formula is C22H28FN4OS+. The molecule has 0 saturated heterocycles. The SMILES string of the molecule is CC[C@H](c1nnc(SCc2ccc(OC)c(F)c2)n1Cc1ccccc1)[NH+](C)C. The molecule has 0 spiro atoms. The minimum Gasteiger partial charge on any atom is -0.494 e. The maximum Gasteiger partial charge on any atom is 0.192 e. The Morgan fingerprint density at radius 3 is 2.48 bits per heavy atom. The first-order valence-corrected chi connectivity index (χ1v) is 10.7. The van der Waals surface area contributed by atoms with Crippen LogP contribution in [0.25, 0.3) is 0 Å². The van der Waals surface area contributed by atoms with Gasteiger partial charge in [-0.05, 0) is 23.3 Å². The Morgan fingerprint density at radius 2 is 1.86 bits per heavy atom. The van der Waals surface area contributed by atoms with E-state index in [1.807, 2.05) is 24.3 Å². The van der Waals surface area contributed by atoms with Crippen LogP contribution in [0.5, 0.6) is 5.75 Å². The number of thioether (sulfide) groups is 1. The smallest absolute Gasteiger partial charge is 0.192 e. The third-order valence-electron chi connectivity index (χ3n) is 4.93. The molecule has 1 atom stereocenters. The molecule has 3 rings (SSSR count). The van der Waals surface area contributed by atoms with Crippen molar-refractivity contribution >= 4 is 11.8 Å². The maximum absolute atomic E-state index is 14.0. The predicted octanol–water partition coefficient (Wildman–Crippen LogP) is 3.36. The Kier molecular flexibility index (Phi) is 7.28. The van der Waals surface area contributed by atoms with Crippen LogP contribution in [0.1, 0.15) is 36.3 Å². The zero-order chi connectivity index (χ0) is 20.8. The van der Waals surface area contributed by atoms with Gasteiger partial charge in [-0.3, -0.25) is 4.57 Å². The Balaban J connectivity index is 1.87. The van der Waals surface area contributed by atoms with Crippen LogP contribution in [0.2, 0.25) is 0 Å². The van der Waals surface area contributed by atoms with Gasteiger partial charge < -0.3 is 9.64 Å². The Bertz CT molecular complexity index is 930. The van der Waals surface area contributed by atoms with Crippen molar-refractivity contribution in [1.29, 1.82) is 0 Å². The molecule has 0 amide bonds. The molecule has 0 unspecified atom stereocenters. The van der Waals surface area contributed by atoms with Crippen LogP contribution in [0.4, 0.5) is 4.39 Å². The molecule has 154 valence electrons. The lowest BCUT2D eigenvalue weighted by Gasteiger charge is -2.20. The lowest BCUT2D eigenvalue weighted by atomic mass is 10.2. The van der Waals surface area contributed by atoms with Crippen LogP contribution in [0.3, 0.4) is 0 Å². The van der Waals surface area contributed by atoms with E-state index in [4.69, 9.17) is 4.74 Å². The molecule has 1 N–H and O–H groups in total. The van der Waals surface area contributed by atoms with E-state index in [1.54, 1.807) is 17.8 Å². The van der Waals surface area contributed by atoms with Crippen molar-refractivity contribution in [3.63, 3.8) is 0 Å². The summed E-state index contributed by atoms with van der Waals surface area (Å²) in [4.78, 5) is 1.32. The van der Waals surface area contributed by atoms with Gasteiger partial charge in [0.05, 0.1) is 27.7 Å². The van der Waals surface area contributed by atoms with Crippen molar-refractivity contribution in [3.8, 4) is 5.75 Å². The van der Waals surface area contributed by atoms with Gasteiger partial charge in [-0.2, -0.15) is 0 Å². The van der Waals surface area contributed by atoms with Crippen molar-refractivity contribution in [2.75, 3.05) is 21.2 Å². The quantitative estimate of drug-likeness (QED) is 0.545. The van der Waals surface area contributed by atoms with Gasteiger partial charge >= 0.3 is 0 Å². The fourth-order valence-electron chi connectivity index (χ4n) is 3.38. The fraction of sp³-hybridized carbons (Fsp3) is 0.364. The molecule has 0 aliphatic heterocycles. The Hall–Kier alpha value is -2.38. The number of halogens is 1. The Morgan fingerprint density at radius 1 is 1.10 bits per heavy atom. The molecule has 0 fully saturated rings. The summed E-state index contributed by atoms with van der Waals surface area (Å²) >= 11 is 1.57. The number of hydrogen-bond donors (Lipinski definition) is 1.